The summed E-state index contributed by atoms with van der Waals surface area (Å²) in [6.07, 6.45) is -0.566. The summed E-state index contributed by atoms with van der Waals surface area (Å²) in [4.78, 5) is 3.93. The lowest BCUT2D eigenvalue weighted by molar-refractivity contribution is 0.0217. The smallest absolute Gasteiger partial charge is 0.137 e. The van der Waals surface area contributed by atoms with Crippen LogP contribution in [0.3, 0.4) is 0 Å². The topological polar surface area (TPSA) is 88.6 Å². The summed E-state index contributed by atoms with van der Waals surface area (Å²) < 4.78 is 4.90. The van der Waals surface area contributed by atoms with Crippen LogP contribution in [0.1, 0.15) is 11.8 Å². The predicted octanol–water partition coefficient (Wildman–Crippen LogP) is -0.557. The molecular weight excluding hydrogens is 184 g/mol. The van der Waals surface area contributed by atoms with Crippen LogP contribution < -0.4 is 10.5 Å². The molecule has 5 nitrogen and oxygen atoms in total. The fourth-order valence-corrected chi connectivity index (χ4v) is 1.01. The number of aromatic nitrogens is 1. The second-order valence-corrected chi connectivity index (χ2v) is 2.87. The van der Waals surface area contributed by atoms with Crippen LogP contribution in [0, 0.1) is 0 Å². The van der Waals surface area contributed by atoms with Gasteiger partial charge in [0.1, 0.15) is 11.9 Å². The van der Waals surface area contributed by atoms with Crippen LogP contribution >= 0.6 is 0 Å². The van der Waals surface area contributed by atoms with Gasteiger partial charge in [-0.15, -0.1) is 0 Å². The summed E-state index contributed by atoms with van der Waals surface area (Å²) in [5.74, 6) is 0.600. The first kappa shape index (κ1) is 10.9. The number of rotatable bonds is 4. The number of hydrogen-bond donors (Lipinski definition) is 3. The molecule has 0 radical (unpaired) electrons. The van der Waals surface area contributed by atoms with Crippen molar-refractivity contribution < 1.29 is 14.9 Å². The number of aliphatic hydroxyl groups is 2. The summed E-state index contributed by atoms with van der Waals surface area (Å²) in [6.45, 7) is -0.00508. The fraction of sp³-hybridized carbons (Fsp3) is 0.444. The first-order valence-electron chi connectivity index (χ1n) is 4.25. The number of nitrogens with zero attached hydrogens (tertiary/aromatic N) is 1. The minimum Gasteiger partial charge on any atom is -0.495 e. The molecule has 2 unspecified atom stereocenters. The Labute approximate surface area is 82.2 Å². The molecule has 0 spiro atoms. The highest BCUT2D eigenvalue weighted by Crippen LogP contribution is 2.16. The zero-order valence-electron chi connectivity index (χ0n) is 7.92. The summed E-state index contributed by atoms with van der Waals surface area (Å²) in [5.41, 5.74) is 5.58. The Morgan fingerprint density at radius 3 is 2.64 bits per heavy atom. The van der Waals surface area contributed by atoms with Gasteiger partial charge < -0.3 is 20.7 Å². The monoisotopic (exact) mass is 198 g/mol. The Bertz CT molecular complexity index is 276. The van der Waals surface area contributed by atoms with E-state index < -0.39 is 12.2 Å². The number of methoxy groups -OCH3 is 1. The molecule has 0 saturated carbocycles. The van der Waals surface area contributed by atoms with E-state index in [1.807, 2.05) is 0 Å². The Hall–Kier alpha value is -1.17. The van der Waals surface area contributed by atoms with Gasteiger partial charge in [0.05, 0.1) is 25.1 Å². The third kappa shape index (κ3) is 2.41. The summed E-state index contributed by atoms with van der Waals surface area (Å²) in [7, 11) is 1.53. The molecule has 78 valence electrons. The Balaban J connectivity index is 2.75. The maximum atomic E-state index is 9.52. The van der Waals surface area contributed by atoms with Crippen molar-refractivity contribution in [2.45, 2.75) is 12.2 Å². The lowest BCUT2D eigenvalue weighted by atomic mass is 10.1. The second kappa shape index (κ2) is 4.90. The highest BCUT2D eigenvalue weighted by Gasteiger charge is 2.17. The van der Waals surface area contributed by atoms with Crippen molar-refractivity contribution in [3.8, 4) is 5.75 Å². The Kier molecular flexibility index (Phi) is 3.82. The van der Waals surface area contributed by atoms with E-state index in [2.05, 4.69) is 4.98 Å². The Morgan fingerprint density at radius 2 is 2.21 bits per heavy atom. The van der Waals surface area contributed by atoms with E-state index in [0.717, 1.165) is 0 Å². The molecule has 14 heavy (non-hydrogen) atoms. The summed E-state index contributed by atoms with van der Waals surface area (Å²) in [5, 5.41) is 18.8. The number of ether oxygens (including phenoxy) is 1. The summed E-state index contributed by atoms with van der Waals surface area (Å²) in [6, 6.07) is 3.25. The van der Waals surface area contributed by atoms with Crippen molar-refractivity contribution in [1.29, 1.82) is 0 Å². The molecule has 0 aliphatic rings. The third-order valence-electron chi connectivity index (χ3n) is 1.90. The van der Waals surface area contributed by atoms with Crippen molar-refractivity contribution >= 4 is 0 Å². The summed E-state index contributed by atoms with van der Waals surface area (Å²) >= 11 is 0. The Morgan fingerprint density at radius 1 is 1.50 bits per heavy atom. The normalized spacial score (nSPS) is 14.9. The van der Waals surface area contributed by atoms with Crippen LogP contribution in [0.4, 0.5) is 0 Å². The third-order valence-corrected chi connectivity index (χ3v) is 1.90. The van der Waals surface area contributed by atoms with E-state index >= 15 is 0 Å². The van der Waals surface area contributed by atoms with Crippen LogP contribution in [-0.2, 0) is 0 Å². The molecule has 4 N–H and O–H groups in total. The first-order valence-corrected chi connectivity index (χ1v) is 4.25. The zero-order valence-corrected chi connectivity index (χ0v) is 7.92. The van der Waals surface area contributed by atoms with E-state index in [1.165, 1.54) is 13.3 Å². The molecule has 0 amide bonds. The van der Waals surface area contributed by atoms with Gasteiger partial charge in [-0.05, 0) is 12.1 Å². The van der Waals surface area contributed by atoms with E-state index in [0.29, 0.717) is 11.4 Å². The number of hydrogen-bond acceptors (Lipinski definition) is 5. The van der Waals surface area contributed by atoms with Crippen molar-refractivity contribution in [3.05, 3.63) is 24.0 Å². The molecule has 0 aromatic carbocycles. The number of nitrogens with two attached hydrogens (primary N) is 1. The molecule has 1 aromatic rings. The van der Waals surface area contributed by atoms with Crippen molar-refractivity contribution in [2.24, 2.45) is 5.73 Å². The minimum atomic E-state index is -1.05. The van der Waals surface area contributed by atoms with Crippen molar-refractivity contribution in [2.75, 3.05) is 13.7 Å². The second-order valence-electron chi connectivity index (χ2n) is 2.87. The molecule has 1 heterocycles. The van der Waals surface area contributed by atoms with Gasteiger partial charge in [-0.2, -0.15) is 0 Å². The van der Waals surface area contributed by atoms with Gasteiger partial charge in [0.15, 0.2) is 0 Å². The van der Waals surface area contributed by atoms with Gasteiger partial charge in [-0.3, -0.25) is 4.98 Å². The SMILES string of the molecule is COc1ccc(C(O)C(O)CN)nc1. The maximum Gasteiger partial charge on any atom is 0.137 e. The van der Waals surface area contributed by atoms with Gasteiger partial charge in [-0.1, -0.05) is 0 Å². The number of aliphatic hydroxyl groups excluding tert-OH is 2. The molecule has 2 atom stereocenters. The fourth-order valence-electron chi connectivity index (χ4n) is 1.01. The quantitative estimate of drug-likeness (QED) is 0.603. The molecule has 0 aliphatic carbocycles. The van der Waals surface area contributed by atoms with Gasteiger partial charge in [-0.25, -0.2) is 0 Å². The van der Waals surface area contributed by atoms with E-state index in [4.69, 9.17) is 10.5 Å². The standard InChI is InChI=1S/C9H14N2O3/c1-14-6-2-3-7(11-5-6)9(13)8(12)4-10/h2-3,5,8-9,12-13H,4,10H2,1H3. The van der Waals surface area contributed by atoms with Crippen molar-refractivity contribution in [3.63, 3.8) is 0 Å². The molecule has 5 heteroatoms. The van der Waals surface area contributed by atoms with Crippen LogP contribution in [-0.4, -0.2) is 35.0 Å². The molecule has 1 aromatic heterocycles. The van der Waals surface area contributed by atoms with Gasteiger partial charge >= 0.3 is 0 Å². The molecule has 0 bridgehead atoms. The minimum absolute atomic E-state index is 0.00508. The van der Waals surface area contributed by atoms with Gasteiger partial charge in [0, 0.05) is 6.54 Å². The van der Waals surface area contributed by atoms with Crippen LogP contribution in [0.25, 0.3) is 0 Å². The average Bonchev–Trinajstić information content (AvgIpc) is 2.27. The van der Waals surface area contributed by atoms with Crippen LogP contribution in [0.2, 0.25) is 0 Å². The van der Waals surface area contributed by atoms with E-state index in [1.54, 1.807) is 12.1 Å². The molecule has 1 rings (SSSR count). The molecule has 0 saturated heterocycles. The molecule has 0 fully saturated rings. The van der Waals surface area contributed by atoms with Crippen LogP contribution in [0.15, 0.2) is 18.3 Å². The highest BCUT2D eigenvalue weighted by molar-refractivity contribution is 5.21. The van der Waals surface area contributed by atoms with Gasteiger partial charge in [0.25, 0.3) is 0 Å². The lowest BCUT2D eigenvalue weighted by Gasteiger charge is -2.15. The lowest BCUT2D eigenvalue weighted by Crippen LogP contribution is -2.27. The van der Waals surface area contributed by atoms with Crippen LogP contribution in [0.5, 0.6) is 5.75 Å². The largest absolute Gasteiger partial charge is 0.495 e. The van der Waals surface area contributed by atoms with E-state index in [9.17, 15) is 10.2 Å². The number of pyridine rings is 1. The predicted molar refractivity (Wildman–Crippen MR) is 50.8 cm³/mol. The zero-order chi connectivity index (χ0) is 10.6. The van der Waals surface area contributed by atoms with Crippen molar-refractivity contribution in [1.82, 2.24) is 4.98 Å². The molecular formula is C9H14N2O3. The maximum absolute atomic E-state index is 9.52. The average molecular weight is 198 g/mol. The van der Waals surface area contributed by atoms with Gasteiger partial charge in [0.2, 0.25) is 0 Å². The van der Waals surface area contributed by atoms with E-state index in [-0.39, 0.29) is 6.54 Å². The highest BCUT2D eigenvalue weighted by atomic mass is 16.5. The first-order chi connectivity index (χ1) is 6.69. The molecule has 0 aliphatic heterocycles.